The molecule has 0 bridgehead atoms. The highest BCUT2D eigenvalue weighted by molar-refractivity contribution is 4.39. The number of hydrogen-bond acceptors (Lipinski definition) is 2. The van der Waals surface area contributed by atoms with E-state index < -0.39 is 0 Å². The van der Waals surface area contributed by atoms with E-state index in [2.05, 4.69) is 4.52 Å². The maximum absolute atomic E-state index is 9.84. The van der Waals surface area contributed by atoms with Gasteiger partial charge in [-0.15, -0.1) is 0 Å². The van der Waals surface area contributed by atoms with Gasteiger partial charge in [0, 0.05) is 5.27 Å². The molecule has 32 valence electrons. The molecule has 1 heterocycles. The zero-order valence-electron chi connectivity index (χ0n) is 2.92. The summed E-state index contributed by atoms with van der Waals surface area (Å²) in [6.45, 7) is 0. The fourth-order valence-electron chi connectivity index (χ4n) is 0.199. The van der Waals surface area contributed by atoms with E-state index in [4.69, 9.17) is 0 Å². The number of nitrogens with one attached hydrogen (secondary N) is 1. The van der Waals surface area contributed by atoms with E-state index >= 15 is 0 Å². The Morgan fingerprint density at radius 3 is 2.83 bits per heavy atom. The summed E-state index contributed by atoms with van der Waals surface area (Å²) < 4.78 is 4.70. The van der Waals surface area contributed by atoms with Crippen LogP contribution in [0.1, 0.15) is 0 Å². The summed E-state index contributed by atoms with van der Waals surface area (Å²) in [6, 6.07) is 0. The van der Waals surface area contributed by atoms with E-state index in [1.807, 2.05) is 5.27 Å². The van der Waals surface area contributed by atoms with Crippen LogP contribution >= 0.6 is 0 Å². The average molecular weight is 87.1 g/mol. The van der Waals surface area contributed by atoms with Gasteiger partial charge in [-0.2, -0.15) is 0 Å². The maximum Gasteiger partial charge on any atom is 0.298 e. The van der Waals surface area contributed by atoms with Crippen LogP contribution in [-0.4, -0.2) is 5.27 Å². The third-order valence-electron chi connectivity index (χ3n) is 0.407. The Bertz CT molecular complexity index is 147. The van der Waals surface area contributed by atoms with Crippen molar-refractivity contribution >= 4 is 0 Å². The third kappa shape index (κ3) is 0.314. The first kappa shape index (κ1) is 3.14. The zero-order chi connectivity index (χ0) is 4.41. The summed E-state index contributed by atoms with van der Waals surface area (Å²) in [6.07, 6.45) is 2.48. The smallest absolute Gasteiger partial charge is 0.298 e. The number of rotatable bonds is 0. The normalized spacial score (nSPS) is 8.67. The van der Waals surface area contributed by atoms with Crippen LogP contribution in [0.5, 0.6) is 0 Å². The third-order valence-corrected chi connectivity index (χ3v) is 0.407. The SMILES string of the molecule is O=[n+]1cco[nH]1. The van der Waals surface area contributed by atoms with Crippen LogP contribution in [-0.2, 0) is 0 Å². The van der Waals surface area contributed by atoms with Crippen LogP contribution in [0, 0.1) is 4.91 Å². The first-order valence-electron chi connectivity index (χ1n) is 1.44. The molecule has 0 saturated heterocycles. The van der Waals surface area contributed by atoms with E-state index in [0.717, 1.165) is 0 Å². The summed E-state index contributed by atoms with van der Waals surface area (Å²) in [5, 5.41) is 1.99. The van der Waals surface area contributed by atoms with Gasteiger partial charge in [0.25, 0.3) is 6.20 Å². The van der Waals surface area contributed by atoms with Crippen molar-refractivity contribution in [2.45, 2.75) is 0 Å². The Morgan fingerprint density at radius 2 is 2.67 bits per heavy atom. The molecule has 0 unspecified atom stereocenters. The van der Waals surface area contributed by atoms with E-state index in [1.165, 1.54) is 12.5 Å². The van der Waals surface area contributed by atoms with Gasteiger partial charge in [0.2, 0.25) is 0 Å². The number of H-pyrrole nitrogens is 1. The molecule has 0 amide bonds. The molecule has 6 heavy (non-hydrogen) atoms. The fraction of sp³-hybridized carbons (Fsp3) is 0. The summed E-state index contributed by atoms with van der Waals surface area (Å²) in [7, 11) is 0. The van der Waals surface area contributed by atoms with Crippen molar-refractivity contribution in [1.82, 2.24) is 5.27 Å². The molecule has 4 nitrogen and oxygen atoms in total. The lowest BCUT2D eigenvalue weighted by Gasteiger charge is -1.44. The highest BCUT2D eigenvalue weighted by atomic mass is 16.5. The highest BCUT2D eigenvalue weighted by Gasteiger charge is 1.82. The van der Waals surface area contributed by atoms with Gasteiger partial charge in [0.1, 0.15) is 0 Å². The number of hydrogen-bond donors (Lipinski definition) is 1. The molecule has 1 aromatic rings. The fourth-order valence-corrected chi connectivity index (χ4v) is 0.199. The second-order valence-electron chi connectivity index (χ2n) is 0.820. The van der Waals surface area contributed by atoms with E-state index in [-0.39, 0.29) is 0 Å². The molecule has 1 aromatic heterocycles. The van der Waals surface area contributed by atoms with Crippen molar-refractivity contribution in [2.75, 3.05) is 0 Å². The predicted molar refractivity (Wildman–Crippen MR) is 16.4 cm³/mol. The van der Waals surface area contributed by atoms with Crippen LogP contribution < -0.4 is 4.54 Å². The minimum atomic E-state index is 0.458. The van der Waals surface area contributed by atoms with Gasteiger partial charge >= 0.3 is 0 Å². The van der Waals surface area contributed by atoms with Crippen molar-refractivity contribution in [3.63, 3.8) is 0 Å². The summed E-state index contributed by atoms with van der Waals surface area (Å²) in [4.78, 5) is 9.84. The van der Waals surface area contributed by atoms with Crippen molar-refractivity contribution in [3.05, 3.63) is 17.4 Å². The van der Waals surface area contributed by atoms with Gasteiger partial charge in [0.15, 0.2) is 10.8 Å². The lowest BCUT2D eigenvalue weighted by molar-refractivity contribution is -0.577. The molecular formula is C2H3N2O2+. The second-order valence-corrected chi connectivity index (χ2v) is 0.820. The maximum atomic E-state index is 9.84. The Hall–Kier alpha value is -1.06. The largest absolute Gasteiger partial charge is 0.332 e. The molecule has 0 radical (unpaired) electrons. The van der Waals surface area contributed by atoms with Crippen molar-refractivity contribution in [2.24, 2.45) is 0 Å². The minimum Gasteiger partial charge on any atom is -0.332 e. The summed E-state index contributed by atoms with van der Waals surface area (Å²) in [5.41, 5.74) is 0. The molecule has 4 heteroatoms. The van der Waals surface area contributed by atoms with Crippen LogP contribution in [0.15, 0.2) is 17.0 Å². The molecule has 1 rings (SSSR count). The topological polar surface area (TPSA) is 51.9 Å². The molecule has 0 fully saturated rings. The number of aromatic nitrogens is 2. The van der Waals surface area contributed by atoms with Crippen LogP contribution in [0.2, 0.25) is 0 Å². The molecule has 0 aliphatic rings. The standard InChI is InChI=1S/C2H3N2O2/c5-4-1-2-6-3-4/h1-2H,(H,3,5)/q+1. The van der Waals surface area contributed by atoms with Gasteiger partial charge in [-0.05, 0) is 0 Å². The lowest BCUT2D eigenvalue weighted by atomic mass is 11.0. The van der Waals surface area contributed by atoms with Crippen LogP contribution in [0.3, 0.4) is 0 Å². The molecular weight excluding hydrogens is 84.0 g/mol. The van der Waals surface area contributed by atoms with Crippen LogP contribution in [0.25, 0.3) is 0 Å². The molecule has 0 aliphatic carbocycles. The highest BCUT2D eigenvalue weighted by Crippen LogP contribution is 1.60. The Labute approximate surface area is 32.9 Å². The number of aromatic amines is 1. The summed E-state index contributed by atoms with van der Waals surface area (Å²) in [5.74, 6) is 0. The van der Waals surface area contributed by atoms with Gasteiger partial charge in [-0.25, -0.2) is 0 Å². The van der Waals surface area contributed by atoms with E-state index in [9.17, 15) is 4.91 Å². The molecule has 1 N–H and O–H groups in total. The molecule has 0 atom stereocenters. The molecule has 0 aromatic carbocycles. The average Bonchev–Trinajstić information content (AvgIpc) is 1.86. The van der Waals surface area contributed by atoms with Crippen molar-refractivity contribution in [3.8, 4) is 0 Å². The first-order chi connectivity index (χ1) is 2.89. The Morgan fingerprint density at radius 1 is 1.83 bits per heavy atom. The lowest BCUT2D eigenvalue weighted by Crippen LogP contribution is -2.11. The van der Waals surface area contributed by atoms with Gasteiger partial charge in [-0.3, -0.25) is 0 Å². The predicted octanol–water partition coefficient (Wildman–Crippen LogP) is -0.478. The molecule has 0 spiro atoms. The Balaban J connectivity index is 3.41. The summed E-state index contributed by atoms with van der Waals surface area (Å²) >= 11 is 0. The minimum absolute atomic E-state index is 0.458. The van der Waals surface area contributed by atoms with Gasteiger partial charge < -0.3 is 4.52 Å². The van der Waals surface area contributed by atoms with E-state index in [0.29, 0.717) is 4.54 Å². The first-order valence-corrected chi connectivity index (χ1v) is 1.44. The Kier molecular flexibility index (Phi) is 0.506. The van der Waals surface area contributed by atoms with Gasteiger partial charge in [0.05, 0.1) is 4.91 Å². The second kappa shape index (κ2) is 0.965. The molecule has 0 aliphatic heterocycles. The quantitative estimate of drug-likeness (QED) is 0.434. The zero-order valence-corrected chi connectivity index (χ0v) is 2.92. The van der Waals surface area contributed by atoms with Crippen molar-refractivity contribution in [1.29, 1.82) is 0 Å². The monoisotopic (exact) mass is 87.0 g/mol. The van der Waals surface area contributed by atoms with Crippen LogP contribution in [0.4, 0.5) is 0 Å². The van der Waals surface area contributed by atoms with Crippen molar-refractivity contribution < 1.29 is 9.06 Å². The molecule has 0 saturated carbocycles. The van der Waals surface area contributed by atoms with E-state index in [1.54, 1.807) is 0 Å². The number of nitrogens with zero attached hydrogens (tertiary/aromatic N) is 1. The van der Waals surface area contributed by atoms with Gasteiger partial charge in [-0.1, -0.05) is 0 Å².